The predicted molar refractivity (Wildman–Crippen MR) is 70.5 cm³/mol. The van der Waals surface area contributed by atoms with E-state index in [1.54, 1.807) is 7.11 Å². The first kappa shape index (κ1) is 14.9. The molecule has 6 nitrogen and oxygen atoms in total. The number of rotatable bonds is 10. The van der Waals surface area contributed by atoms with Gasteiger partial charge in [-0.3, -0.25) is 0 Å². The van der Waals surface area contributed by atoms with E-state index < -0.39 is 0 Å². The highest BCUT2D eigenvalue weighted by Gasteiger charge is 2.10. The van der Waals surface area contributed by atoms with Gasteiger partial charge >= 0.3 is 6.01 Å². The molecule has 0 aliphatic rings. The molecule has 1 aromatic heterocycles. The number of nitrogens with zero attached hydrogens (tertiary/aromatic N) is 2. The first-order valence-corrected chi connectivity index (χ1v) is 6.58. The van der Waals surface area contributed by atoms with Gasteiger partial charge in [-0.15, -0.1) is 5.10 Å². The van der Waals surface area contributed by atoms with Crippen LogP contribution in [0.25, 0.3) is 0 Å². The maximum absolute atomic E-state index is 5.51. The third-order valence-corrected chi connectivity index (χ3v) is 2.68. The minimum atomic E-state index is 0.407. The average molecular weight is 256 g/mol. The maximum Gasteiger partial charge on any atom is 0.315 e. The van der Waals surface area contributed by atoms with Gasteiger partial charge in [0.15, 0.2) is 0 Å². The van der Waals surface area contributed by atoms with Gasteiger partial charge in [-0.25, -0.2) is 0 Å². The van der Waals surface area contributed by atoms with Crippen molar-refractivity contribution in [2.24, 2.45) is 0 Å². The van der Waals surface area contributed by atoms with Gasteiger partial charge in [0.05, 0.1) is 13.2 Å². The quantitative estimate of drug-likeness (QED) is 0.622. The molecule has 2 N–H and O–H groups in total. The van der Waals surface area contributed by atoms with Gasteiger partial charge in [0.2, 0.25) is 5.89 Å². The van der Waals surface area contributed by atoms with Crippen LogP contribution < -0.4 is 10.6 Å². The van der Waals surface area contributed by atoms with Crippen LogP contribution in [0.2, 0.25) is 0 Å². The van der Waals surface area contributed by atoms with Crippen molar-refractivity contribution in [3.05, 3.63) is 5.89 Å². The summed E-state index contributed by atoms with van der Waals surface area (Å²) >= 11 is 0. The highest BCUT2D eigenvalue weighted by atomic mass is 16.5. The van der Waals surface area contributed by atoms with E-state index in [1.165, 1.54) is 0 Å². The summed E-state index contributed by atoms with van der Waals surface area (Å²) < 4.78 is 10.4. The van der Waals surface area contributed by atoms with E-state index >= 15 is 0 Å². The van der Waals surface area contributed by atoms with Crippen molar-refractivity contribution in [1.29, 1.82) is 0 Å². The minimum absolute atomic E-state index is 0.407. The number of hydrogen-bond acceptors (Lipinski definition) is 6. The number of ether oxygens (including phenoxy) is 1. The van der Waals surface area contributed by atoms with Crippen molar-refractivity contribution < 1.29 is 9.15 Å². The van der Waals surface area contributed by atoms with E-state index in [0.29, 0.717) is 31.1 Å². The molecule has 0 spiro atoms. The largest absolute Gasteiger partial charge is 0.407 e. The number of aromatic nitrogens is 2. The summed E-state index contributed by atoms with van der Waals surface area (Å²) in [5.74, 6) is 0.597. The van der Waals surface area contributed by atoms with Crippen LogP contribution in [0, 0.1) is 0 Å². The fourth-order valence-corrected chi connectivity index (χ4v) is 1.65. The molecule has 1 unspecified atom stereocenters. The molecular weight excluding hydrogens is 232 g/mol. The minimum Gasteiger partial charge on any atom is -0.407 e. The van der Waals surface area contributed by atoms with Crippen molar-refractivity contribution in [3.63, 3.8) is 0 Å². The second kappa shape index (κ2) is 8.88. The third-order valence-electron chi connectivity index (χ3n) is 2.68. The van der Waals surface area contributed by atoms with E-state index in [2.05, 4.69) is 34.7 Å². The van der Waals surface area contributed by atoms with E-state index in [9.17, 15) is 0 Å². The molecule has 0 saturated heterocycles. The summed E-state index contributed by atoms with van der Waals surface area (Å²) in [5.41, 5.74) is 0. The number of anilines is 1. The third kappa shape index (κ3) is 5.46. The summed E-state index contributed by atoms with van der Waals surface area (Å²) in [4.78, 5) is 0. The molecule has 0 radical (unpaired) electrons. The molecular formula is C12H24N4O2. The van der Waals surface area contributed by atoms with Crippen LogP contribution in [0.3, 0.4) is 0 Å². The van der Waals surface area contributed by atoms with E-state index in [1.807, 2.05) is 0 Å². The van der Waals surface area contributed by atoms with Crippen LogP contribution in [-0.4, -0.2) is 36.5 Å². The normalized spacial score (nSPS) is 12.6. The van der Waals surface area contributed by atoms with Crippen LogP contribution in [0.5, 0.6) is 0 Å². The Labute approximate surface area is 108 Å². The van der Waals surface area contributed by atoms with Crippen LogP contribution in [0.1, 0.15) is 39.0 Å². The lowest BCUT2D eigenvalue weighted by Gasteiger charge is -2.13. The van der Waals surface area contributed by atoms with Gasteiger partial charge in [0.1, 0.15) is 0 Å². The Hall–Kier alpha value is -1.14. The zero-order valence-electron chi connectivity index (χ0n) is 11.5. The lowest BCUT2D eigenvalue weighted by molar-refractivity contribution is 0.198. The van der Waals surface area contributed by atoms with Gasteiger partial charge < -0.3 is 19.8 Å². The number of hydrogen-bond donors (Lipinski definition) is 2. The molecule has 0 saturated carbocycles. The second-order valence-corrected chi connectivity index (χ2v) is 4.21. The highest BCUT2D eigenvalue weighted by molar-refractivity contribution is 5.19. The Morgan fingerprint density at radius 1 is 1.33 bits per heavy atom. The molecule has 6 heteroatoms. The Morgan fingerprint density at radius 2 is 2.17 bits per heavy atom. The van der Waals surface area contributed by atoms with Crippen molar-refractivity contribution in [2.75, 3.05) is 25.6 Å². The fourth-order valence-electron chi connectivity index (χ4n) is 1.65. The van der Waals surface area contributed by atoms with E-state index in [4.69, 9.17) is 9.15 Å². The number of methoxy groups -OCH3 is 1. The lowest BCUT2D eigenvalue weighted by Crippen LogP contribution is -2.19. The smallest absolute Gasteiger partial charge is 0.315 e. The van der Waals surface area contributed by atoms with Gasteiger partial charge in [-0.1, -0.05) is 25.4 Å². The van der Waals surface area contributed by atoms with Crippen LogP contribution in [0.15, 0.2) is 4.42 Å². The van der Waals surface area contributed by atoms with Crippen LogP contribution in [0.4, 0.5) is 6.01 Å². The predicted octanol–water partition coefficient (Wildman–Crippen LogP) is 1.80. The second-order valence-electron chi connectivity index (χ2n) is 4.21. The molecule has 0 amide bonds. The van der Waals surface area contributed by atoms with Crippen LogP contribution in [-0.2, 0) is 11.3 Å². The molecule has 0 aliphatic heterocycles. The van der Waals surface area contributed by atoms with E-state index in [0.717, 1.165) is 25.8 Å². The van der Waals surface area contributed by atoms with Gasteiger partial charge in [0, 0.05) is 19.7 Å². The SMILES string of the molecule is CCCC(CC)Nc1nnc(CNCCOC)o1. The Morgan fingerprint density at radius 3 is 2.83 bits per heavy atom. The van der Waals surface area contributed by atoms with Crippen molar-refractivity contribution in [1.82, 2.24) is 15.5 Å². The average Bonchev–Trinajstić information content (AvgIpc) is 2.82. The first-order chi connectivity index (χ1) is 8.80. The standard InChI is InChI=1S/C12H24N4O2/c1-4-6-10(5-2)14-12-16-15-11(18-12)9-13-7-8-17-3/h10,13H,4-9H2,1-3H3,(H,14,16). The van der Waals surface area contributed by atoms with Gasteiger partial charge in [-0.2, -0.15) is 0 Å². The summed E-state index contributed by atoms with van der Waals surface area (Å²) in [6, 6.07) is 0.920. The fraction of sp³-hybridized carbons (Fsp3) is 0.833. The molecule has 104 valence electrons. The Balaban J connectivity index is 2.33. The Kier molecular flexibility index (Phi) is 7.36. The van der Waals surface area contributed by atoms with Gasteiger partial charge in [0.25, 0.3) is 0 Å². The zero-order chi connectivity index (χ0) is 13.2. The van der Waals surface area contributed by atoms with Crippen LogP contribution >= 0.6 is 0 Å². The first-order valence-electron chi connectivity index (χ1n) is 6.58. The number of nitrogens with one attached hydrogen (secondary N) is 2. The highest BCUT2D eigenvalue weighted by Crippen LogP contribution is 2.11. The molecule has 0 aliphatic carbocycles. The summed E-state index contributed by atoms with van der Waals surface area (Å²) in [5, 5.41) is 14.4. The molecule has 0 bridgehead atoms. The molecule has 1 atom stereocenters. The monoisotopic (exact) mass is 256 g/mol. The summed E-state index contributed by atoms with van der Waals surface area (Å²) in [6.45, 7) is 6.34. The molecule has 1 heterocycles. The molecule has 1 rings (SSSR count). The topological polar surface area (TPSA) is 72.2 Å². The van der Waals surface area contributed by atoms with E-state index in [-0.39, 0.29) is 0 Å². The maximum atomic E-state index is 5.51. The van der Waals surface area contributed by atoms with Crippen molar-refractivity contribution in [2.45, 2.75) is 45.7 Å². The lowest BCUT2D eigenvalue weighted by atomic mass is 10.1. The van der Waals surface area contributed by atoms with Crippen molar-refractivity contribution in [3.8, 4) is 0 Å². The van der Waals surface area contributed by atoms with Crippen molar-refractivity contribution >= 4 is 6.01 Å². The Bertz CT molecular complexity index is 317. The zero-order valence-corrected chi connectivity index (χ0v) is 11.5. The molecule has 1 aromatic rings. The van der Waals surface area contributed by atoms with Gasteiger partial charge in [-0.05, 0) is 12.8 Å². The molecule has 0 fully saturated rings. The molecule has 18 heavy (non-hydrogen) atoms. The summed E-state index contributed by atoms with van der Waals surface area (Å²) in [7, 11) is 1.68. The summed E-state index contributed by atoms with van der Waals surface area (Å²) in [6.07, 6.45) is 3.31. The molecule has 0 aromatic carbocycles.